The van der Waals surface area contributed by atoms with Crippen molar-refractivity contribution in [1.29, 1.82) is 0 Å². The average Bonchev–Trinajstić information content (AvgIpc) is 2.86. The molecule has 17 heavy (non-hydrogen) atoms. The lowest BCUT2D eigenvalue weighted by molar-refractivity contribution is 0.0741. The van der Waals surface area contributed by atoms with Gasteiger partial charge in [0.2, 0.25) is 0 Å². The monoisotopic (exact) mass is 237 g/mol. The first-order valence-corrected chi connectivity index (χ1v) is 6.36. The van der Waals surface area contributed by atoms with Gasteiger partial charge in [0.05, 0.1) is 23.7 Å². The van der Waals surface area contributed by atoms with Gasteiger partial charge in [0.15, 0.2) is 0 Å². The van der Waals surface area contributed by atoms with Gasteiger partial charge in [0.1, 0.15) is 0 Å². The van der Waals surface area contributed by atoms with Crippen molar-refractivity contribution >= 4 is 0 Å². The average molecular weight is 237 g/mol. The van der Waals surface area contributed by atoms with Gasteiger partial charge in [-0.2, -0.15) is 0 Å². The highest BCUT2D eigenvalue weighted by molar-refractivity contribution is 5.11. The molecule has 2 N–H and O–H groups in total. The molecule has 3 unspecified atom stereocenters. The maximum absolute atomic E-state index is 6.25. The Hall–Kier alpha value is -0.870. The molecular weight excluding hydrogens is 214 g/mol. The van der Waals surface area contributed by atoms with Crippen molar-refractivity contribution < 1.29 is 4.74 Å². The Labute approximate surface area is 103 Å². The van der Waals surface area contributed by atoms with Crippen LogP contribution in [-0.2, 0) is 10.3 Å². The van der Waals surface area contributed by atoms with Gasteiger partial charge in [-0.25, -0.2) is 4.98 Å². The van der Waals surface area contributed by atoms with Crippen molar-refractivity contribution in [2.45, 2.75) is 51.8 Å². The van der Waals surface area contributed by atoms with Crippen LogP contribution in [0.4, 0.5) is 0 Å². The van der Waals surface area contributed by atoms with E-state index in [1.165, 1.54) is 0 Å². The zero-order valence-corrected chi connectivity index (χ0v) is 11.2. The van der Waals surface area contributed by atoms with E-state index >= 15 is 0 Å². The largest absolute Gasteiger partial charge is 0.376 e. The van der Waals surface area contributed by atoms with Crippen molar-refractivity contribution in [2.24, 2.45) is 11.7 Å². The van der Waals surface area contributed by atoms with Gasteiger partial charge in [-0.1, -0.05) is 13.8 Å². The Morgan fingerprint density at radius 1 is 1.59 bits per heavy atom. The number of hydrogen-bond donors (Lipinski definition) is 1. The molecule has 4 nitrogen and oxygen atoms in total. The normalized spacial score (nSPS) is 31.1. The molecule has 1 aliphatic heterocycles. The number of imidazole rings is 1. The molecule has 1 saturated heterocycles. The number of ether oxygens (including phenoxy) is 1. The van der Waals surface area contributed by atoms with Crippen molar-refractivity contribution in [2.75, 3.05) is 6.61 Å². The number of nitrogens with zero attached hydrogens (tertiary/aromatic N) is 2. The summed E-state index contributed by atoms with van der Waals surface area (Å²) in [5.41, 5.74) is 7.35. The SMILES string of the molecule is CC(C)C(N)c1cncn1C1(C)CCOC1C. The Morgan fingerprint density at radius 2 is 2.29 bits per heavy atom. The summed E-state index contributed by atoms with van der Waals surface area (Å²) in [6.45, 7) is 9.44. The smallest absolute Gasteiger partial charge is 0.0954 e. The van der Waals surface area contributed by atoms with E-state index < -0.39 is 0 Å². The third kappa shape index (κ3) is 2.00. The minimum atomic E-state index is -0.0155. The Kier molecular flexibility index (Phi) is 3.27. The molecule has 0 aliphatic carbocycles. The first-order chi connectivity index (χ1) is 7.97. The topological polar surface area (TPSA) is 53.1 Å². The Morgan fingerprint density at radius 3 is 2.82 bits per heavy atom. The standard InChI is InChI=1S/C13H23N3O/c1-9(2)12(14)11-7-15-8-16(11)13(4)5-6-17-10(13)3/h7-10,12H,5-6,14H2,1-4H3. The van der Waals surface area contributed by atoms with E-state index in [4.69, 9.17) is 10.5 Å². The minimum Gasteiger partial charge on any atom is -0.376 e. The number of aromatic nitrogens is 2. The summed E-state index contributed by atoms with van der Waals surface area (Å²) in [7, 11) is 0. The quantitative estimate of drug-likeness (QED) is 0.875. The minimum absolute atomic E-state index is 0.0155. The predicted molar refractivity (Wildman–Crippen MR) is 67.7 cm³/mol. The molecule has 0 radical (unpaired) electrons. The summed E-state index contributed by atoms with van der Waals surface area (Å²) in [4.78, 5) is 4.28. The van der Waals surface area contributed by atoms with Crippen LogP contribution in [-0.4, -0.2) is 22.3 Å². The molecule has 1 aromatic heterocycles. The Balaban J connectivity index is 2.37. The van der Waals surface area contributed by atoms with Gasteiger partial charge in [0, 0.05) is 18.8 Å². The van der Waals surface area contributed by atoms with E-state index in [-0.39, 0.29) is 17.7 Å². The van der Waals surface area contributed by atoms with E-state index in [2.05, 4.69) is 37.2 Å². The van der Waals surface area contributed by atoms with Crippen LogP contribution in [0.1, 0.15) is 45.9 Å². The fourth-order valence-corrected chi connectivity index (χ4v) is 2.46. The van der Waals surface area contributed by atoms with Gasteiger partial charge in [-0.15, -0.1) is 0 Å². The fraction of sp³-hybridized carbons (Fsp3) is 0.769. The molecule has 0 amide bonds. The van der Waals surface area contributed by atoms with Crippen LogP contribution >= 0.6 is 0 Å². The van der Waals surface area contributed by atoms with E-state index in [1.54, 1.807) is 0 Å². The highest BCUT2D eigenvalue weighted by Gasteiger charge is 2.40. The van der Waals surface area contributed by atoms with Crippen molar-refractivity contribution in [1.82, 2.24) is 9.55 Å². The third-order valence-corrected chi connectivity index (χ3v) is 4.13. The van der Waals surface area contributed by atoms with Gasteiger partial charge >= 0.3 is 0 Å². The summed E-state index contributed by atoms with van der Waals surface area (Å²) in [5.74, 6) is 0.409. The van der Waals surface area contributed by atoms with Crippen LogP contribution in [0.3, 0.4) is 0 Å². The summed E-state index contributed by atoms with van der Waals surface area (Å²) < 4.78 is 7.92. The molecule has 3 atom stereocenters. The van der Waals surface area contributed by atoms with Crippen LogP contribution in [0.5, 0.6) is 0 Å². The highest BCUT2D eigenvalue weighted by Crippen LogP contribution is 2.35. The van der Waals surface area contributed by atoms with Gasteiger partial charge in [-0.3, -0.25) is 0 Å². The second kappa shape index (κ2) is 4.42. The second-order valence-corrected chi connectivity index (χ2v) is 5.58. The number of rotatable bonds is 3. The van der Waals surface area contributed by atoms with E-state index in [9.17, 15) is 0 Å². The molecule has 1 fully saturated rings. The zero-order chi connectivity index (χ0) is 12.6. The van der Waals surface area contributed by atoms with Crippen LogP contribution in [0.15, 0.2) is 12.5 Å². The molecule has 0 saturated carbocycles. The van der Waals surface area contributed by atoms with Crippen LogP contribution in [0.25, 0.3) is 0 Å². The van der Waals surface area contributed by atoms with E-state index in [1.807, 2.05) is 12.5 Å². The highest BCUT2D eigenvalue weighted by atomic mass is 16.5. The second-order valence-electron chi connectivity index (χ2n) is 5.58. The number of nitrogens with two attached hydrogens (primary N) is 1. The summed E-state index contributed by atoms with van der Waals surface area (Å²) in [6.07, 6.45) is 5.00. The van der Waals surface area contributed by atoms with Crippen LogP contribution in [0, 0.1) is 5.92 Å². The molecule has 0 aromatic carbocycles. The third-order valence-electron chi connectivity index (χ3n) is 4.13. The molecule has 0 bridgehead atoms. The molecule has 1 aromatic rings. The molecule has 1 aliphatic rings. The van der Waals surface area contributed by atoms with E-state index in [0.29, 0.717) is 5.92 Å². The summed E-state index contributed by atoms with van der Waals surface area (Å²) in [5, 5.41) is 0. The van der Waals surface area contributed by atoms with Gasteiger partial charge < -0.3 is 15.0 Å². The number of hydrogen-bond acceptors (Lipinski definition) is 3. The molecular formula is C13H23N3O. The summed E-state index contributed by atoms with van der Waals surface area (Å²) >= 11 is 0. The van der Waals surface area contributed by atoms with Crippen molar-refractivity contribution in [3.8, 4) is 0 Å². The molecule has 4 heteroatoms. The Bertz CT molecular complexity index is 388. The first-order valence-electron chi connectivity index (χ1n) is 6.36. The lowest BCUT2D eigenvalue weighted by Crippen LogP contribution is -2.39. The summed E-state index contributed by atoms with van der Waals surface area (Å²) in [6, 6.07) is 0.0297. The molecule has 2 rings (SSSR count). The molecule has 96 valence electrons. The van der Waals surface area contributed by atoms with Crippen LogP contribution in [0.2, 0.25) is 0 Å². The zero-order valence-electron chi connectivity index (χ0n) is 11.2. The maximum Gasteiger partial charge on any atom is 0.0954 e. The lowest BCUT2D eigenvalue weighted by Gasteiger charge is -2.33. The molecule has 2 heterocycles. The van der Waals surface area contributed by atoms with Crippen LogP contribution < -0.4 is 5.73 Å². The van der Waals surface area contributed by atoms with Gasteiger partial charge in [0.25, 0.3) is 0 Å². The fourth-order valence-electron chi connectivity index (χ4n) is 2.46. The van der Waals surface area contributed by atoms with Crippen molar-refractivity contribution in [3.63, 3.8) is 0 Å². The van der Waals surface area contributed by atoms with Gasteiger partial charge in [-0.05, 0) is 26.2 Å². The lowest BCUT2D eigenvalue weighted by atomic mass is 9.92. The first kappa shape index (κ1) is 12.6. The van der Waals surface area contributed by atoms with Crippen molar-refractivity contribution in [3.05, 3.63) is 18.2 Å². The van der Waals surface area contributed by atoms with E-state index in [0.717, 1.165) is 18.7 Å². The molecule has 0 spiro atoms. The maximum atomic E-state index is 6.25. The predicted octanol–water partition coefficient (Wildman–Crippen LogP) is 2.06.